The fourth-order valence-corrected chi connectivity index (χ4v) is 2.14. The number of nitrogens with one attached hydrogen (secondary N) is 1. The second-order valence-corrected chi connectivity index (χ2v) is 4.92. The lowest BCUT2D eigenvalue weighted by atomic mass is 10.1. The number of anilines is 1. The molecular weight excluding hydrogens is 260 g/mol. The second kappa shape index (κ2) is 6.74. The Kier molecular flexibility index (Phi) is 4.76. The number of rotatable bonds is 2. The van der Waals surface area contributed by atoms with Crippen LogP contribution in [-0.4, -0.2) is 12.5 Å². The Morgan fingerprint density at radius 2 is 1.86 bits per heavy atom. The zero-order chi connectivity index (χ0) is 15.2. The maximum absolute atomic E-state index is 12.3. The molecule has 0 heterocycles. The lowest BCUT2D eigenvalue weighted by Gasteiger charge is -2.08. The van der Waals surface area contributed by atoms with Gasteiger partial charge in [-0.1, -0.05) is 24.0 Å². The van der Waals surface area contributed by atoms with E-state index in [1.54, 1.807) is 12.1 Å². The minimum atomic E-state index is -0.142. The molecule has 21 heavy (non-hydrogen) atoms. The lowest BCUT2D eigenvalue weighted by Crippen LogP contribution is -2.12. The molecule has 3 nitrogen and oxygen atoms in total. The molecule has 0 aliphatic rings. The van der Waals surface area contributed by atoms with Crippen LogP contribution >= 0.6 is 0 Å². The van der Waals surface area contributed by atoms with Crippen LogP contribution < -0.4 is 11.1 Å². The fourth-order valence-electron chi connectivity index (χ4n) is 2.14. The maximum Gasteiger partial charge on any atom is 0.255 e. The third-order valence-electron chi connectivity index (χ3n) is 2.94. The molecule has 2 aromatic rings. The van der Waals surface area contributed by atoms with E-state index in [4.69, 9.17) is 5.73 Å². The first-order chi connectivity index (χ1) is 10.1. The predicted molar refractivity (Wildman–Crippen MR) is 86.2 cm³/mol. The van der Waals surface area contributed by atoms with Crippen molar-refractivity contribution >= 4 is 11.6 Å². The Labute approximate surface area is 125 Å². The second-order valence-electron chi connectivity index (χ2n) is 4.92. The molecule has 0 radical (unpaired) electrons. The van der Waals surface area contributed by atoms with E-state index in [2.05, 4.69) is 23.2 Å². The van der Waals surface area contributed by atoms with Crippen LogP contribution in [0.15, 0.2) is 42.5 Å². The number of nitrogens with two attached hydrogens (primary N) is 1. The minimum absolute atomic E-state index is 0.142. The van der Waals surface area contributed by atoms with Crippen LogP contribution in [0, 0.1) is 25.7 Å². The van der Waals surface area contributed by atoms with E-state index >= 15 is 0 Å². The van der Waals surface area contributed by atoms with Gasteiger partial charge < -0.3 is 11.1 Å². The summed E-state index contributed by atoms with van der Waals surface area (Å²) >= 11 is 0. The predicted octanol–water partition coefficient (Wildman–Crippen LogP) is 2.87. The SMILES string of the molecule is Cc1cc(C)cc(NC(=O)c2cccc(C#CCN)c2)c1. The minimum Gasteiger partial charge on any atom is -0.322 e. The number of aryl methyl sites for hydroxylation is 2. The van der Waals surface area contributed by atoms with Crippen molar-refractivity contribution in [1.82, 2.24) is 0 Å². The van der Waals surface area contributed by atoms with Crippen LogP contribution in [0.25, 0.3) is 0 Å². The van der Waals surface area contributed by atoms with Crippen LogP contribution in [0.4, 0.5) is 5.69 Å². The Bertz CT molecular complexity index is 703. The molecule has 1 amide bonds. The third-order valence-corrected chi connectivity index (χ3v) is 2.94. The van der Waals surface area contributed by atoms with Crippen molar-refractivity contribution in [2.45, 2.75) is 13.8 Å². The Morgan fingerprint density at radius 1 is 1.14 bits per heavy atom. The molecule has 106 valence electrons. The molecule has 0 bridgehead atoms. The summed E-state index contributed by atoms with van der Waals surface area (Å²) in [6, 6.07) is 13.2. The summed E-state index contributed by atoms with van der Waals surface area (Å²) in [5, 5.41) is 2.91. The quantitative estimate of drug-likeness (QED) is 0.830. The van der Waals surface area contributed by atoms with Gasteiger partial charge in [0.05, 0.1) is 6.54 Å². The van der Waals surface area contributed by atoms with E-state index in [1.165, 1.54) is 0 Å². The van der Waals surface area contributed by atoms with E-state index in [-0.39, 0.29) is 5.91 Å². The molecular formula is C18H18N2O. The average Bonchev–Trinajstić information content (AvgIpc) is 2.44. The van der Waals surface area contributed by atoms with Crippen LogP contribution in [0.5, 0.6) is 0 Å². The topological polar surface area (TPSA) is 55.1 Å². The molecule has 3 heteroatoms. The van der Waals surface area contributed by atoms with Crippen LogP contribution in [-0.2, 0) is 0 Å². The van der Waals surface area contributed by atoms with Gasteiger partial charge in [-0.15, -0.1) is 0 Å². The van der Waals surface area contributed by atoms with Gasteiger partial charge >= 0.3 is 0 Å². The number of amides is 1. The van der Waals surface area contributed by atoms with E-state index in [1.807, 2.05) is 38.1 Å². The highest BCUT2D eigenvalue weighted by Crippen LogP contribution is 2.15. The van der Waals surface area contributed by atoms with Gasteiger partial charge in [0, 0.05) is 16.8 Å². The number of carbonyl (C=O) groups excluding carboxylic acids is 1. The summed E-state index contributed by atoms with van der Waals surface area (Å²) in [6.07, 6.45) is 0. The van der Waals surface area contributed by atoms with Crippen molar-refractivity contribution in [2.24, 2.45) is 5.73 Å². The normalized spacial score (nSPS) is 9.67. The fraction of sp³-hybridized carbons (Fsp3) is 0.167. The molecule has 0 fully saturated rings. The first kappa shape index (κ1) is 14.8. The first-order valence-corrected chi connectivity index (χ1v) is 6.77. The van der Waals surface area contributed by atoms with Crippen molar-refractivity contribution < 1.29 is 4.79 Å². The highest BCUT2D eigenvalue weighted by atomic mass is 16.1. The van der Waals surface area contributed by atoms with E-state index in [9.17, 15) is 4.79 Å². The smallest absolute Gasteiger partial charge is 0.255 e. The highest BCUT2D eigenvalue weighted by Gasteiger charge is 2.07. The summed E-state index contributed by atoms with van der Waals surface area (Å²) in [5.41, 5.74) is 9.76. The van der Waals surface area contributed by atoms with Crippen LogP contribution in [0.2, 0.25) is 0 Å². The molecule has 3 N–H and O–H groups in total. The van der Waals surface area contributed by atoms with Crippen molar-refractivity contribution in [3.63, 3.8) is 0 Å². The zero-order valence-electron chi connectivity index (χ0n) is 12.2. The van der Waals surface area contributed by atoms with Gasteiger partial charge in [-0.25, -0.2) is 0 Å². The van der Waals surface area contributed by atoms with Crippen molar-refractivity contribution in [2.75, 3.05) is 11.9 Å². The van der Waals surface area contributed by atoms with Gasteiger partial charge in [-0.2, -0.15) is 0 Å². The first-order valence-electron chi connectivity index (χ1n) is 6.77. The summed E-state index contributed by atoms with van der Waals surface area (Å²) in [5.74, 6) is 5.57. The highest BCUT2D eigenvalue weighted by molar-refractivity contribution is 6.04. The molecule has 0 atom stereocenters. The van der Waals surface area contributed by atoms with Gasteiger partial charge in [0.1, 0.15) is 0 Å². The van der Waals surface area contributed by atoms with Gasteiger partial charge in [0.15, 0.2) is 0 Å². The summed E-state index contributed by atoms with van der Waals surface area (Å²) in [6.45, 7) is 4.32. The standard InChI is InChI=1S/C18H18N2O/c1-13-9-14(2)11-17(10-13)20-18(21)16-7-3-5-15(12-16)6-4-8-19/h3,5,7,9-12H,8,19H2,1-2H3,(H,20,21). The van der Waals surface area contributed by atoms with Gasteiger partial charge in [0.2, 0.25) is 0 Å². The molecule has 0 saturated carbocycles. The monoisotopic (exact) mass is 278 g/mol. The van der Waals surface area contributed by atoms with Crippen molar-refractivity contribution in [3.05, 3.63) is 64.7 Å². The Balaban J connectivity index is 2.20. The largest absolute Gasteiger partial charge is 0.322 e. The van der Waals surface area contributed by atoms with E-state index in [0.717, 1.165) is 22.4 Å². The summed E-state index contributed by atoms with van der Waals surface area (Å²) < 4.78 is 0. The van der Waals surface area contributed by atoms with E-state index < -0.39 is 0 Å². The average molecular weight is 278 g/mol. The Morgan fingerprint density at radius 3 is 2.52 bits per heavy atom. The molecule has 0 aliphatic carbocycles. The number of benzene rings is 2. The van der Waals surface area contributed by atoms with Gasteiger partial charge in [-0.3, -0.25) is 4.79 Å². The number of carbonyl (C=O) groups is 1. The molecule has 0 unspecified atom stereocenters. The van der Waals surface area contributed by atoms with Crippen molar-refractivity contribution in [3.8, 4) is 11.8 Å². The zero-order valence-corrected chi connectivity index (χ0v) is 12.2. The Hall–Kier alpha value is -2.57. The molecule has 2 aromatic carbocycles. The molecule has 0 saturated heterocycles. The lowest BCUT2D eigenvalue weighted by molar-refractivity contribution is 0.102. The van der Waals surface area contributed by atoms with Gasteiger partial charge in [0.25, 0.3) is 5.91 Å². The summed E-state index contributed by atoms with van der Waals surface area (Å²) in [4.78, 5) is 12.3. The maximum atomic E-state index is 12.3. The summed E-state index contributed by atoms with van der Waals surface area (Å²) in [7, 11) is 0. The molecule has 2 rings (SSSR count). The van der Waals surface area contributed by atoms with E-state index in [0.29, 0.717) is 12.1 Å². The van der Waals surface area contributed by atoms with Crippen LogP contribution in [0.1, 0.15) is 27.0 Å². The molecule has 0 aromatic heterocycles. The van der Waals surface area contributed by atoms with Gasteiger partial charge in [-0.05, 0) is 55.3 Å². The number of hydrogen-bond acceptors (Lipinski definition) is 2. The van der Waals surface area contributed by atoms with Crippen molar-refractivity contribution in [1.29, 1.82) is 0 Å². The molecule has 0 aliphatic heterocycles. The molecule has 0 spiro atoms. The third kappa shape index (κ3) is 4.20. The number of hydrogen-bond donors (Lipinski definition) is 2. The van der Waals surface area contributed by atoms with Crippen LogP contribution in [0.3, 0.4) is 0 Å².